The molecular formula is C23H27ClN4O2. The van der Waals surface area contributed by atoms with Gasteiger partial charge in [0.05, 0.1) is 21.6 Å². The lowest BCUT2D eigenvalue weighted by Crippen LogP contribution is -2.33. The van der Waals surface area contributed by atoms with E-state index in [2.05, 4.69) is 5.32 Å². The van der Waals surface area contributed by atoms with Gasteiger partial charge in [-0.1, -0.05) is 35.9 Å². The minimum atomic E-state index is -0.189. The van der Waals surface area contributed by atoms with Crippen molar-refractivity contribution in [3.63, 3.8) is 0 Å². The van der Waals surface area contributed by atoms with E-state index in [-0.39, 0.29) is 18.4 Å². The van der Waals surface area contributed by atoms with Gasteiger partial charge in [0.15, 0.2) is 0 Å². The maximum Gasteiger partial charge on any atom is 0.252 e. The molecule has 0 spiro atoms. The highest BCUT2D eigenvalue weighted by Gasteiger charge is 2.16. The van der Waals surface area contributed by atoms with Crippen LogP contribution < -0.4 is 5.32 Å². The zero-order valence-electron chi connectivity index (χ0n) is 17.4. The number of para-hydroxylation sites is 2. The van der Waals surface area contributed by atoms with Gasteiger partial charge < -0.3 is 14.8 Å². The number of aryl methyl sites for hydroxylation is 1. The zero-order valence-corrected chi connectivity index (χ0v) is 18.2. The summed E-state index contributed by atoms with van der Waals surface area (Å²) in [5, 5.41) is 3.34. The van der Waals surface area contributed by atoms with Crippen molar-refractivity contribution in [1.29, 1.82) is 0 Å². The molecule has 7 heteroatoms. The van der Waals surface area contributed by atoms with Crippen LogP contribution in [0.2, 0.25) is 5.02 Å². The Morgan fingerprint density at radius 1 is 1.07 bits per heavy atom. The number of halogens is 1. The first-order valence-corrected chi connectivity index (χ1v) is 10.7. The summed E-state index contributed by atoms with van der Waals surface area (Å²) in [4.78, 5) is 31.5. The van der Waals surface area contributed by atoms with Gasteiger partial charge in [0, 0.05) is 26.1 Å². The Bertz CT molecular complexity index is 1030. The summed E-state index contributed by atoms with van der Waals surface area (Å²) in [6.45, 7) is 6.10. The minimum absolute atomic E-state index is 0.0800. The first-order chi connectivity index (χ1) is 14.5. The topological polar surface area (TPSA) is 67.2 Å². The molecule has 0 aliphatic heterocycles. The number of likely N-dealkylation sites (N-methyl/N-ethyl adjacent to an activating group) is 1. The maximum atomic E-state index is 12.7. The van der Waals surface area contributed by atoms with Crippen LogP contribution in [0.3, 0.4) is 0 Å². The molecule has 0 aliphatic rings. The second-order valence-electron chi connectivity index (χ2n) is 7.01. The van der Waals surface area contributed by atoms with E-state index in [9.17, 15) is 9.59 Å². The van der Waals surface area contributed by atoms with Crippen LogP contribution in [0.15, 0.2) is 48.5 Å². The number of carbonyl (C=O) groups excluding carboxylic acids is 2. The van der Waals surface area contributed by atoms with E-state index in [0.717, 1.165) is 16.9 Å². The van der Waals surface area contributed by atoms with E-state index in [1.165, 1.54) is 0 Å². The lowest BCUT2D eigenvalue weighted by atomic mass is 10.2. The molecule has 1 aromatic heterocycles. The summed E-state index contributed by atoms with van der Waals surface area (Å²) in [5.41, 5.74) is 2.30. The average molecular weight is 427 g/mol. The van der Waals surface area contributed by atoms with Gasteiger partial charge in [0.25, 0.3) is 5.91 Å². The molecule has 2 aromatic carbocycles. The molecule has 0 radical (unpaired) electrons. The third-order valence-corrected chi connectivity index (χ3v) is 5.45. The predicted molar refractivity (Wildman–Crippen MR) is 120 cm³/mol. The molecule has 158 valence electrons. The molecule has 0 saturated heterocycles. The molecule has 0 saturated carbocycles. The second kappa shape index (κ2) is 10.3. The normalized spacial score (nSPS) is 10.9. The average Bonchev–Trinajstić information content (AvgIpc) is 3.09. The number of hydrogen-bond acceptors (Lipinski definition) is 3. The first kappa shape index (κ1) is 21.8. The molecule has 0 aliphatic carbocycles. The Balaban J connectivity index is 1.67. The number of carbonyl (C=O) groups is 2. The summed E-state index contributed by atoms with van der Waals surface area (Å²) in [6.07, 6.45) is 1.36. The van der Waals surface area contributed by atoms with Gasteiger partial charge in [-0.15, -0.1) is 0 Å². The lowest BCUT2D eigenvalue weighted by Gasteiger charge is -2.20. The van der Waals surface area contributed by atoms with Crippen LogP contribution in [-0.4, -0.2) is 45.9 Å². The Labute approximate surface area is 181 Å². The zero-order chi connectivity index (χ0) is 21.5. The van der Waals surface area contributed by atoms with Gasteiger partial charge in [-0.25, -0.2) is 4.98 Å². The third kappa shape index (κ3) is 5.00. The van der Waals surface area contributed by atoms with Crippen molar-refractivity contribution in [3.8, 4) is 0 Å². The van der Waals surface area contributed by atoms with Crippen molar-refractivity contribution in [1.82, 2.24) is 19.8 Å². The molecule has 30 heavy (non-hydrogen) atoms. The van der Waals surface area contributed by atoms with Gasteiger partial charge in [-0.3, -0.25) is 9.59 Å². The Kier molecular flexibility index (Phi) is 7.46. The summed E-state index contributed by atoms with van der Waals surface area (Å²) >= 11 is 6.08. The summed E-state index contributed by atoms with van der Waals surface area (Å²) in [5.74, 6) is 0.742. The van der Waals surface area contributed by atoms with Gasteiger partial charge >= 0.3 is 0 Å². The highest BCUT2D eigenvalue weighted by atomic mass is 35.5. The van der Waals surface area contributed by atoms with Crippen molar-refractivity contribution >= 4 is 34.4 Å². The van der Waals surface area contributed by atoms with Crippen molar-refractivity contribution in [3.05, 3.63) is 64.9 Å². The molecule has 0 atom stereocenters. The first-order valence-electron chi connectivity index (χ1n) is 10.3. The van der Waals surface area contributed by atoms with Crippen LogP contribution in [0.25, 0.3) is 11.0 Å². The quantitative estimate of drug-likeness (QED) is 0.527. The van der Waals surface area contributed by atoms with E-state index in [1.54, 1.807) is 24.3 Å². The molecule has 0 bridgehead atoms. The molecule has 0 unspecified atom stereocenters. The van der Waals surface area contributed by atoms with Crippen LogP contribution in [-0.2, 0) is 17.8 Å². The molecule has 3 aromatic rings. The van der Waals surface area contributed by atoms with E-state index < -0.39 is 0 Å². The second-order valence-corrected chi connectivity index (χ2v) is 7.42. The maximum absolute atomic E-state index is 12.7. The van der Waals surface area contributed by atoms with Gasteiger partial charge in [-0.2, -0.15) is 0 Å². The van der Waals surface area contributed by atoms with Gasteiger partial charge in [-0.05, 0) is 44.5 Å². The summed E-state index contributed by atoms with van der Waals surface area (Å²) in [7, 11) is 0. The van der Waals surface area contributed by atoms with Crippen molar-refractivity contribution in [2.45, 2.75) is 33.2 Å². The lowest BCUT2D eigenvalue weighted by molar-refractivity contribution is -0.131. The Morgan fingerprint density at radius 3 is 2.50 bits per heavy atom. The fourth-order valence-electron chi connectivity index (χ4n) is 3.49. The number of aromatic nitrogens is 2. The van der Waals surface area contributed by atoms with E-state index in [1.807, 2.05) is 47.6 Å². The molecule has 2 amide bonds. The van der Waals surface area contributed by atoms with E-state index in [0.29, 0.717) is 43.1 Å². The van der Waals surface area contributed by atoms with Gasteiger partial charge in [0.2, 0.25) is 5.91 Å². The third-order valence-electron chi connectivity index (χ3n) is 5.12. The number of rotatable bonds is 9. The minimum Gasteiger partial charge on any atom is -0.352 e. The fraction of sp³-hybridized carbons (Fsp3) is 0.348. The van der Waals surface area contributed by atoms with Crippen LogP contribution >= 0.6 is 11.6 Å². The molecule has 3 rings (SSSR count). The number of imidazole rings is 1. The van der Waals surface area contributed by atoms with E-state index >= 15 is 0 Å². The molecule has 0 fully saturated rings. The number of nitrogens with one attached hydrogen (secondary N) is 1. The fourth-order valence-corrected chi connectivity index (χ4v) is 3.71. The molecule has 6 nitrogen and oxygen atoms in total. The van der Waals surface area contributed by atoms with Crippen LogP contribution in [0.5, 0.6) is 0 Å². The molecule has 1 N–H and O–H groups in total. The number of nitrogens with zero attached hydrogens (tertiary/aromatic N) is 3. The highest BCUT2D eigenvalue weighted by molar-refractivity contribution is 6.33. The standard InChI is InChI=1S/C23H27ClN4O2/c1-3-27(4-2)22(29)16-28-20-13-8-7-12-19(20)26-21(28)14-9-15-25-23(30)17-10-5-6-11-18(17)24/h5-8,10-13H,3-4,9,14-16H2,1-2H3,(H,25,30). The van der Waals surface area contributed by atoms with Gasteiger partial charge in [0.1, 0.15) is 12.4 Å². The van der Waals surface area contributed by atoms with Crippen molar-refractivity contribution in [2.24, 2.45) is 0 Å². The Hall–Kier alpha value is -2.86. The SMILES string of the molecule is CCN(CC)C(=O)Cn1c(CCCNC(=O)c2ccccc2Cl)nc2ccccc21. The predicted octanol–water partition coefficient (Wildman–Crippen LogP) is 3.92. The number of fused-ring (bicyclic) bond motifs is 1. The number of amides is 2. The van der Waals surface area contributed by atoms with Crippen LogP contribution in [0.4, 0.5) is 0 Å². The van der Waals surface area contributed by atoms with Crippen LogP contribution in [0.1, 0.15) is 36.5 Å². The molecule has 1 heterocycles. The summed E-state index contributed by atoms with van der Waals surface area (Å²) in [6, 6.07) is 14.8. The number of hydrogen-bond donors (Lipinski definition) is 1. The molecular weight excluding hydrogens is 400 g/mol. The Morgan fingerprint density at radius 2 is 1.77 bits per heavy atom. The van der Waals surface area contributed by atoms with Crippen molar-refractivity contribution in [2.75, 3.05) is 19.6 Å². The smallest absolute Gasteiger partial charge is 0.252 e. The number of benzene rings is 2. The van der Waals surface area contributed by atoms with Crippen molar-refractivity contribution < 1.29 is 9.59 Å². The monoisotopic (exact) mass is 426 g/mol. The van der Waals surface area contributed by atoms with Crippen LogP contribution in [0, 0.1) is 0 Å². The highest BCUT2D eigenvalue weighted by Crippen LogP contribution is 2.18. The largest absolute Gasteiger partial charge is 0.352 e. The summed E-state index contributed by atoms with van der Waals surface area (Å²) < 4.78 is 1.99. The van der Waals surface area contributed by atoms with E-state index in [4.69, 9.17) is 16.6 Å².